The van der Waals surface area contributed by atoms with E-state index >= 15 is 0 Å². The van der Waals surface area contributed by atoms with Crippen LogP contribution in [0, 0.1) is 0 Å². The first kappa shape index (κ1) is 12.5. The van der Waals surface area contributed by atoms with Crippen LogP contribution in [0.25, 0.3) is 0 Å². The van der Waals surface area contributed by atoms with Crippen molar-refractivity contribution in [1.29, 1.82) is 0 Å². The number of anilines is 1. The molecule has 0 saturated carbocycles. The molecule has 1 aliphatic rings. The average Bonchev–Trinajstić information content (AvgIpc) is 3.09. The molecule has 1 amide bonds. The zero-order valence-corrected chi connectivity index (χ0v) is 10.5. The number of pyridine rings is 1. The number of nitrogens with zero attached hydrogens (tertiary/aromatic N) is 2. The van der Waals surface area contributed by atoms with Gasteiger partial charge in [0.1, 0.15) is 5.56 Å². The van der Waals surface area contributed by atoms with E-state index in [0.29, 0.717) is 5.89 Å². The molecule has 0 bridgehead atoms. The van der Waals surface area contributed by atoms with Gasteiger partial charge in [-0.3, -0.25) is 14.9 Å². The van der Waals surface area contributed by atoms with Gasteiger partial charge in [0.05, 0.1) is 6.04 Å². The smallest absolute Gasteiger partial charge is 0.322 e. The lowest BCUT2D eigenvalue weighted by Crippen LogP contribution is -2.22. The van der Waals surface area contributed by atoms with Gasteiger partial charge in [-0.25, -0.2) is 0 Å². The fourth-order valence-electron chi connectivity index (χ4n) is 2.09. The van der Waals surface area contributed by atoms with E-state index in [9.17, 15) is 9.59 Å². The lowest BCUT2D eigenvalue weighted by Gasteiger charge is -2.02. The van der Waals surface area contributed by atoms with Crippen LogP contribution in [0.5, 0.6) is 0 Å². The molecule has 3 rings (SSSR count). The van der Waals surface area contributed by atoms with Crippen molar-refractivity contribution in [2.24, 2.45) is 0 Å². The lowest BCUT2D eigenvalue weighted by atomic mass is 10.2. The second kappa shape index (κ2) is 5.25. The molecular formula is C12H13N5O3. The molecule has 20 heavy (non-hydrogen) atoms. The van der Waals surface area contributed by atoms with E-state index < -0.39 is 11.5 Å². The summed E-state index contributed by atoms with van der Waals surface area (Å²) in [6.45, 7) is 0.911. The van der Waals surface area contributed by atoms with Crippen LogP contribution in [0.3, 0.4) is 0 Å². The number of hydrogen-bond donors (Lipinski definition) is 3. The molecule has 2 aromatic rings. The second-order valence-corrected chi connectivity index (χ2v) is 4.46. The first-order valence-corrected chi connectivity index (χ1v) is 6.30. The second-order valence-electron chi connectivity index (χ2n) is 4.46. The van der Waals surface area contributed by atoms with Crippen molar-refractivity contribution in [3.63, 3.8) is 0 Å². The van der Waals surface area contributed by atoms with Crippen molar-refractivity contribution in [3.8, 4) is 0 Å². The third kappa shape index (κ3) is 2.45. The van der Waals surface area contributed by atoms with Crippen LogP contribution < -0.4 is 16.2 Å². The highest BCUT2D eigenvalue weighted by atomic mass is 16.4. The van der Waals surface area contributed by atoms with Crippen LogP contribution in [0.15, 0.2) is 27.5 Å². The van der Waals surface area contributed by atoms with Gasteiger partial charge < -0.3 is 14.7 Å². The average molecular weight is 275 g/mol. The van der Waals surface area contributed by atoms with Gasteiger partial charge >= 0.3 is 6.01 Å². The summed E-state index contributed by atoms with van der Waals surface area (Å²) in [5.74, 6) is -0.138. The maximum Gasteiger partial charge on any atom is 0.322 e. The number of amides is 1. The number of hydrogen-bond acceptors (Lipinski definition) is 6. The monoisotopic (exact) mass is 275 g/mol. The van der Waals surface area contributed by atoms with Gasteiger partial charge in [0.15, 0.2) is 0 Å². The summed E-state index contributed by atoms with van der Waals surface area (Å²) in [4.78, 5) is 25.8. The van der Waals surface area contributed by atoms with E-state index in [1.807, 2.05) is 0 Å². The third-order valence-corrected chi connectivity index (χ3v) is 3.08. The van der Waals surface area contributed by atoms with Gasteiger partial charge in [-0.15, -0.1) is 5.10 Å². The van der Waals surface area contributed by atoms with Crippen molar-refractivity contribution in [2.75, 3.05) is 11.9 Å². The molecule has 0 aliphatic carbocycles. The highest BCUT2D eigenvalue weighted by Crippen LogP contribution is 2.22. The van der Waals surface area contributed by atoms with Crippen molar-refractivity contribution < 1.29 is 9.21 Å². The Hall–Kier alpha value is -2.48. The molecule has 0 radical (unpaired) electrons. The number of carbonyl (C=O) groups is 1. The van der Waals surface area contributed by atoms with Crippen LogP contribution in [0.2, 0.25) is 0 Å². The Bertz CT molecular complexity index is 671. The van der Waals surface area contributed by atoms with Gasteiger partial charge in [-0.1, -0.05) is 5.10 Å². The zero-order chi connectivity index (χ0) is 13.9. The molecule has 3 heterocycles. The number of nitrogens with one attached hydrogen (secondary N) is 3. The Morgan fingerprint density at radius 3 is 3.10 bits per heavy atom. The highest BCUT2D eigenvalue weighted by molar-refractivity contribution is 6.02. The topological polar surface area (TPSA) is 113 Å². The molecule has 0 aromatic carbocycles. The Kier molecular flexibility index (Phi) is 3.30. The predicted octanol–water partition coefficient (Wildman–Crippen LogP) is 0.435. The fourth-order valence-corrected chi connectivity index (χ4v) is 2.09. The van der Waals surface area contributed by atoms with E-state index in [2.05, 4.69) is 25.8 Å². The quantitative estimate of drug-likeness (QED) is 0.749. The van der Waals surface area contributed by atoms with Crippen LogP contribution in [-0.2, 0) is 0 Å². The number of carbonyl (C=O) groups excluding carboxylic acids is 1. The number of aromatic nitrogens is 3. The van der Waals surface area contributed by atoms with Gasteiger partial charge in [-0.05, 0) is 31.5 Å². The summed E-state index contributed by atoms with van der Waals surface area (Å²) < 4.78 is 5.37. The SMILES string of the molecule is O=C(Nc1nnc(C2CCCN2)o1)c1ccc[nH]c1=O. The number of aromatic amines is 1. The largest absolute Gasteiger partial charge is 0.406 e. The molecule has 0 spiro atoms. The third-order valence-electron chi connectivity index (χ3n) is 3.08. The van der Waals surface area contributed by atoms with E-state index in [1.165, 1.54) is 12.3 Å². The molecule has 1 unspecified atom stereocenters. The van der Waals surface area contributed by atoms with E-state index in [0.717, 1.165) is 19.4 Å². The van der Waals surface area contributed by atoms with Gasteiger partial charge in [-0.2, -0.15) is 0 Å². The van der Waals surface area contributed by atoms with Gasteiger partial charge in [0.2, 0.25) is 5.89 Å². The lowest BCUT2D eigenvalue weighted by molar-refractivity contribution is 0.102. The standard InChI is InChI=1S/C12H13N5O3/c18-9-7(3-1-6-14-9)10(19)15-12-17-16-11(20-12)8-4-2-5-13-8/h1,3,6,8,13H,2,4-5H2,(H,14,18)(H,15,17,19). The Morgan fingerprint density at radius 1 is 1.45 bits per heavy atom. The summed E-state index contributed by atoms with van der Waals surface area (Å²) >= 11 is 0. The number of rotatable bonds is 3. The predicted molar refractivity (Wildman–Crippen MR) is 69.3 cm³/mol. The maximum absolute atomic E-state index is 11.9. The zero-order valence-electron chi connectivity index (χ0n) is 10.5. The van der Waals surface area contributed by atoms with E-state index in [1.54, 1.807) is 6.07 Å². The van der Waals surface area contributed by atoms with Crippen LogP contribution in [0.1, 0.15) is 35.1 Å². The van der Waals surface area contributed by atoms with Crippen molar-refractivity contribution in [3.05, 3.63) is 40.1 Å². The minimum Gasteiger partial charge on any atom is -0.406 e. The molecule has 1 atom stereocenters. The molecule has 1 saturated heterocycles. The summed E-state index contributed by atoms with van der Waals surface area (Å²) in [7, 11) is 0. The summed E-state index contributed by atoms with van der Waals surface area (Å²) in [5, 5.41) is 13.3. The minimum atomic E-state index is -0.582. The van der Waals surface area contributed by atoms with Gasteiger partial charge in [0, 0.05) is 6.20 Å². The van der Waals surface area contributed by atoms with Gasteiger partial charge in [0.25, 0.3) is 11.5 Å². The Morgan fingerprint density at radius 2 is 2.35 bits per heavy atom. The number of H-pyrrole nitrogens is 1. The summed E-state index contributed by atoms with van der Waals surface area (Å²) in [6.07, 6.45) is 3.43. The molecule has 8 heteroatoms. The minimum absolute atomic E-state index is 0.00811. The molecule has 3 N–H and O–H groups in total. The maximum atomic E-state index is 11.9. The normalized spacial score (nSPS) is 18.1. The molecular weight excluding hydrogens is 262 g/mol. The molecule has 1 fully saturated rings. The first-order chi connectivity index (χ1) is 9.74. The molecule has 8 nitrogen and oxygen atoms in total. The Labute approximate surface area is 113 Å². The molecule has 1 aliphatic heterocycles. The highest BCUT2D eigenvalue weighted by Gasteiger charge is 2.23. The summed E-state index contributed by atoms with van der Waals surface area (Å²) in [5.41, 5.74) is -0.478. The van der Waals surface area contributed by atoms with E-state index in [-0.39, 0.29) is 17.6 Å². The fraction of sp³-hybridized carbons (Fsp3) is 0.333. The summed E-state index contributed by atoms with van der Waals surface area (Å²) in [6, 6.07) is 3.01. The van der Waals surface area contributed by atoms with Crippen molar-refractivity contribution in [1.82, 2.24) is 20.5 Å². The molecule has 2 aromatic heterocycles. The van der Waals surface area contributed by atoms with Crippen LogP contribution in [-0.4, -0.2) is 27.6 Å². The van der Waals surface area contributed by atoms with Crippen molar-refractivity contribution >= 4 is 11.9 Å². The van der Waals surface area contributed by atoms with Crippen LogP contribution in [0.4, 0.5) is 6.01 Å². The van der Waals surface area contributed by atoms with Crippen molar-refractivity contribution in [2.45, 2.75) is 18.9 Å². The molecule has 104 valence electrons. The Balaban J connectivity index is 1.73. The van der Waals surface area contributed by atoms with Crippen LogP contribution >= 0.6 is 0 Å². The first-order valence-electron chi connectivity index (χ1n) is 6.30. The van der Waals surface area contributed by atoms with E-state index in [4.69, 9.17) is 4.42 Å².